The van der Waals surface area contributed by atoms with Gasteiger partial charge in [0.25, 0.3) is 0 Å². The summed E-state index contributed by atoms with van der Waals surface area (Å²) >= 11 is 0. The Kier molecular flexibility index (Phi) is 8.97. The molecule has 0 heterocycles. The van der Waals surface area contributed by atoms with Gasteiger partial charge in [-0.15, -0.1) is 6.58 Å². The molecule has 1 nitrogen and oxygen atoms in total. The molecule has 0 radical (unpaired) electrons. The maximum Gasteiger partial charge on any atom is 0.0648 e. The van der Waals surface area contributed by atoms with Gasteiger partial charge >= 0.3 is 0 Å². The molecule has 3 saturated carbocycles. The zero-order valence-electron chi connectivity index (χ0n) is 17.9. The van der Waals surface area contributed by atoms with Crippen molar-refractivity contribution in [3.05, 3.63) is 24.8 Å². The van der Waals surface area contributed by atoms with Gasteiger partial charge in [-0.3, -0.25) is 0 Å². The minimum atomic E-state index is 0.513. The van der Waals surface area contributed by atoms with Crippen molar-refractivity contribution in [2.75, 3.05) is 6.61 Å². The molecular formula is C26H44O. The zero-order chi connectivity index (χ0) is 18.9. The normalized spacial score (nSPS) is 38.1. The van der Waals surface area contributed by atoms with Crippen LogP contribution in [0.5, 0.6) is 0 Å². The van der Waals surface area contributed by atoms with E-state index in [0.29, 0.717) is 6.10 Å². The van der Waals surface area contributed by atoms with Crippen molar-refractivity contribution in [3.63, 3.8) is 0 Å². The minimum absolute atomic E-state index is 0.513. The molecule has 3 aliphatic rings. The summed E-state index contributed by atoms with van der Waals surface area (Å²) in [6, 6.07) is 0. The number of hydrogen-bond acceptors (Lipinski definition) is 1. The van der Waals surface area contributed by atoms with Crippen molar-refractivity contribution in [3.8, 4) is 0 Å². The van der Waals surface area contributed by atoms with Crippen molar-refractivity contribution >= 4 is 0 Å². The monoisotopic (exact) mass is 372 g/mol. The number of rotatable bonds is 8. The predicted octanol–water partition coefficient (Wildman–Crippen LogP) is 7.72. The van der Waals surface area contributed by atoms with Gasteiger partial charge < -0.3 is 4.74 Å². The van der Waals surface area contributed by atoms with Gasteiger partial charge in [0.05, 0.1) is 12.7 Å². The summed E-state index contributed by atoms with van der Waals surface area (Å²) in [7, 11) is 0. The van der Waals surface area contributed by atoms with E-state index in [1.54, 1.807) is 0 Å². The Hall–Kier alpha value is -0.560. The fourth-order valence-electron chi connectivity index (χ4n) is 6.47. The SMILES string of the molecule is C=CCOC1CCC(C2CCC(C3CCC(CC/C=C/C)CC3)CC2)CC1. The van der Waals surface area contributed by atoms with Crippen molar-refractivity contribution < 1.29 is 4.74 Å². The molecule has 0 aliphatic heterocycles. The van der Waals surface area contributed by atoms with Crippen LogP contribution in [0, 0.1) is 29.6 Å². The Morgan fingerprint density at radius 2 is 1.22 bits per heavy atom. The Balaban J connectivity index is 1.32. The average Bonchev–Trinajstić information content (AvgIpc) is 2.73. The van der Waals surface area contributed by atoms with Gasteiger partial charge in [0.2, 0.25) is 0 Å². The third-order valence-corrected chi connectivity index (χ3v) is 8.19. The van der Waals surface area contributed by atoms with Crippen molar-refractivity contribution in [1.29, 1.82) is 0 Å². The second-order valence-corrected chi connectivity index (χ2v) is 9.76. The third kappa shape index (κ3) is 6.48. The molecule has 3 fully saturated rings. The summed E-state index contributed by atoms with van der Waals surface area (Å²) in [5.74, 6) is 5.17. The summed E-state index contributed by atoms with van der Waals surface area (Å²) in [4.78, 5) is 0. The van der Waals surface area contributed by atoms with E-state index in [1.807, 2.05) is 6.08 Å². The van der Waals surface area contributed by atoms with Crippen LogP contribution in [0.15, 0.2) is 24.8 Å². The topological polar surface area (TPSA) is 9.23 Å². The Morgan fingerprint density at radius 1 is 0.741 bits per heavy atom. The number of hydrogen-bond donors (Lipinski definition) is 0. The van der Waals surface area contributed by atoms with E-state index in [-0.39, 0.29) is 0 Å². The van der Waals surface area contributed by atoms with Crippen molar-refractivity contribution in [1.82, 2.24) is 0 Å². The van der Waals surface area contributed by atoms with Gasteiger partial charge in [-0.2, -0.15) is 0 Å². The van der Waals surface area contributed by atoms with Gasteiger partial charge in [0.15, 0.2) is 0 Å². The van der Waals surface area contributed by atoms with Crippen LogP contribution in [0.2, 0.25) is 0 Å². The molecular weight excluding hydrogens is 328 g/mol. The van der Waals surface area contributed by atoms with E-state index >= 15 is 0 Å². The van der Waals surface area contributed by atoms with E-state index in [4.69, 9.17) is 4.74 Å². The zero-order valence-corrected chi connectivity index (χ0v) is 17.9. The van der Waals surface area contributed by atoms with Crippen LogP contribution < -0.4 is 0 Å². The van der Waals surface area contributed by atoms with Crippen molar-refractivity contribution in [2.45, 2.75) is 103 Å². The van der Waals surface area contributed by atoms with Gasteiger partial charge in [-0.25, -0.2) is 0 Å². The van der Waals surface area contributed by atoms with Crippen LogP contribution in [0.3, 0.4) is 0 Å². The lowest BCUT2D eigenvalue weighted by Gasteiger charge is -2.41. The Bertz CT molecular complexity index is 429. The van der Waals surface area contributed by atoms with E-state index in [0.717, 1.165) is 36.2 Å². The number of ether oxygens (including phenoxy) is 1. The second kappa shape index (κ2) is 11.4. The van der Waals surface area contributed by atoms with Gasteiger partial charge in [-0.05, 0) is 114 Å². The van der Waals surface area contributed by atoms with Gasteiger partial charge in [-0.1, -0.05) is 31.1 Å². The molecule has 3 rings (SSSR count). The van der Waals surface area contributed by atoms with Crippen LogP contribution >= 0.6 is 0 Å². The fraction of sp³-hybridized carbons (Fsp3) is 0.846. The Labute approximate surface area is 169 Å². The molecule has 0 spiro atoms. The lowest BCUT2D eigenvalue weighted by molar-refractivity contribution is 0.0188. The molecule has 0 bridgehead atoms. The smallest absolute Gasteiger partial charge is 0.0648 e. The first kappa shape index (κ1) is 21.2. The van der Waals surface area contributed by atoms with Crippen LogP contribution in [-0.2, 0) is 4.74 Å². The van der Waals surface area contributed by atoms with E-state index in [1.165, 1.54) is 89.9 Å². The molecule has 0 aromatic heterocycles. The fourth-order valence-corrected chi connectivity index (χ4v) is 6.47. The summed E-state index contributed by atoms with van der Waals surface area (Å²) in [5, 5.41) is 0. The summed E-state index contributed by atoms with van der Waals surface area (Å²) in [6.07, 6.45) is 27.3. The summed E-state index contributed by atoms with van der Waals surface area (Å²) < 4.78 is 5.88. The molecule has 0 aromatic rings. The van der Waals surface area contributed by atoms with Gasteiger partial charge in [0, 0.05) is 0 Å². The standard InChI is InChI=1S/C26H44O/c1-3-5-6-7-21-8-10-22(11-9-21)23-12-14-24(15-13-23)25-16-18-26(19-17-25)27-20-4-2/h3-5,21-26H,2,6-20H2,1H3/b5-3+. The highest BCUT2D eigenvalue weighted by molar-refractivity contribution is 4.87. The highest BCUT2D eigenvalue weighted by atomic mass is 16.5. The molecule has 1 heteroatoms. The number of allylic oxidation sites excluding steroid dienone is 2. The second-order valence-electron chi connectivity index (χ2n) is 9.76. The third-order valence-electron chi connectivity index (χ3n) is 8.19. The molecule has 0 N–H and O–H groups in total. The first-order chi connectivity index (χ1) is 13.3. The lowest BCUT2D eigenvalue weighted by atomic mass is 9.65. The average molecular weight is 373 g/mol. The molecule has 0 saturated heterocycles. The van der Waals surface area contributed by atoms with E-state index in [2.05, 4.69) is 25.7 Å². The maximum atomic E-state index is 5.88. The lowest BCUT2D eigenvalue weighted by Crippen LogP contribution is -2.31. The first-order valence-corrected chi connectivity index (χ1v) is 12.1. The molecule has 0 unspecified atom stereocenters. The summed E-state index contributed by atoms with van der Waals surface area (Å²) in [6.45, 7) is 6.65. The predicted molar refractivity (Wildman–Crippen MR) is 117 cm³/mol. The highest BCUT2D eigenvalue weighted by Gasteiger charge is 2.34. The van der Waals surface area contributed by atoms with Crippen LogP contribution in [-0.4, -0.2) is 12.7 Å². The minimum Gasteiger partial charge on any atom is -0.374 e. The molecule has 154 valence electrons. The van der Waals surface area contributed by atoms with Crippen molar-refractivity contribution in [2.24, 2.45) is 29.6 Å². The highest BCUT2D eigenvalue weighted by Crippen LogP contribution is 2.45. The summed E-state index contributed by atoms with van der Waals surface area (Å²) in [5.41, 5.74) is 0. The van der Waals surface area contributed by atoms with Crippen LogP contribution in [0.1, 0.15) is 96.8 Å². The van der Waals surface area contributed by atoms with Crippen LogP contribution in [0.4, 0.5) is 0 Å². The first-order valence-electron chi connectivity index (χ1n) is 12.1. The van der Waals surface area contributed by atoms with E-state index < -0.39 is 0 Å². The molecule has 0 atom stereocenters. The molecule has 0 amide bonds. The maximum absolute atomic E-state index is 5.88. The van der Waals surface area contributed by atoms with Crippen LogP contribution in [0.25, 0.3) is 0 Å². The molecule has 27 heavy (non-hydrogen) atoms. The van der Waals surface area contributed by atoms with E-state index in [9.17, 15) is 0 Å². The molecule has 0 aromatic carbocycles. The largest absolute Gasteiger partial charge is 0.374 e. The Morgan fingerprint density at radius 3 is 1.70 bits per heavy atom. The quantitative estimate of drug-likeness (QED) is 0.396. The molecule has 3 aliphatic carbocycles. The van der Waals surface area contributed by atoms with Gasteiger partial charge in [0.1, 0.15) is 0 Å².